The van der Waals surface area contributed by atoms with E-state index in [0.717, 1.165) is 35.2 Å². The highest BCUT2D eigenvalue weighted by Crippen LogP contribution is 2.29. The molecule has 1 aromatic rings. The number of carboxylic acid groups (broad SMARTS) is 1. The number of hydrogen-bond donors (Lipinski definition) is 1. The van der Waals surface area contributed by atoms with E-state index in [0.29, 0.717) is 18.7 Å². The number of benzene rings is 1. The lowest BCUT2D eigenvalue weighted by Crippen LogP contribution is -2.59. The lowest BCUT2D eigenvalue weighted by atomic mass is 9.84. The molecule has 3 rings (SSSR count). The number of amides is 1. The van der Waals surface area contributed by atoms with Crippen LogP contribution < -0.4 is 0 Å². The van der Waals surface area contributed by atoms with Gasteiger partial charge in [-0.05, 0) is 46.1 Å². The zero-order valence-electron chi connectivity index (χ0n) is 15.4. The molecule has 0 saturated carbocycles. The second kappa shape index (κ2) is 7.34. The van der Waals surface area contributed by atoms with Gasteiger partial charge in [-0.15, -0.1) is 0 Å². The summed E-state index contributed by atoms with van der Waals surface area (Å²) < 4.78 is 6.18. The SMILES string of the molecule is CC(C)(C)C1CN(CCc2cc3c(cc2I)C(=O)OC3)CCN1C(=O)O. The Morgan fingerprint density at radius 2 is 2.08 bits per heavy atom. The predicted molar refractivity (Wildman–Crippen MR) is 106 cm³/mol. The van der Waals surface area contributed by atoms with Crippen molar-refractivity contribution in [2.24, 2.45) is 5.41 Å². The molecule has 1 atom stereocenters. The standard InChI is InChI=1S/C19H25IN2O4/c1-19(2,3)16-10-21(6-7-22(16)18(24)25)5-4-12-8-13-11-26-17(23)14(13)9-15(12)20/h8-9,16H,4-7,10-11H2,1-3H3,(H,24,25). The molecule has 2 heterocycles. The highest BCUT2D eigenvalue weighted by atomic mass is 127. The second-order valence-corrected chi connectivity index (χ2v) is 9.25. The Morgan fingerprint density at radius 1 is 1.35 bits per heavy atom. The van der Waals surface area contributed by atoms with E-state index in [1.807, 2.05) is 6.07 Å². The Labute approximate surface area is 167 Å². The van der Waals surface area contributed by atoms with Gasteiger partial charge in [-0.1, -0.05) is 26.8 Å². The highest BCUT2D eigenvalue weighted by Gasteiger charge is 2.37. The van der Waals surface area contributed by atoms with Crippen molar-refractivity contribution in [1.82, 2.24) is 9.80 Å². The number of rotatable bonds is 3. The molecule has 1 fully saturated rings. The van der Waals surface area contributed by atoms with E-state index in [9.17, 15) is 14.7 Å². The smallest absolute Gasteiger partial charge is 0.407 e. The number of ether oxygens (including phenoxy) is 1. The molecule has 2 aliphatic rings. The lowest BCUT2D eigenvalue weighted by molar-refractivity contribution is 0.0221. The molecule has 0 aromatic heterocycles. The number of hydrogen-bond acceptors (Lipinski definition) is 4. The first-order valence-corrected chi connectivity index (χ1v) is 9.95. The van der Waals surface area contributed by atoms with Crippen LogP contribution in [0, 0.1) is 8.99 Å². The van der Waals surface area contributed by atoms with E-state index in [4.69, 9.17) is 4.74 Å². The minimum absolute atomic E-state index is 0.0149. The van der Waals surface area contributed by atoms with Crippen LogP contribution in [-0.2, 0) is 17.8 Å². The van der Waals surface area contributed by atoms with Crippen LogP contribution in [0.15, 0.2) is 12.1 Å². The third-order valence-electron chi connectivity index (χ3n) is 5.26. The summed E-state index contributed by atoms with van der Waals surface area (Å²) in [5.74, 6) is -0.234. The molecule has 1 aromatic carbocycles. The number of carbonyl (C=O) groups excluding carboxylic acids is 1. The number of piperazine rings is 1. The molecule has 142 valence electrons. The third-order valence-corrected chi connectivity index (χ3v) is 6.26. The molecular formula is C19H25IN2O4. The molecule has 7 heteroatoms. The minimum atomic E-state index is -0.831. The van der Waals surface area contributed by atoms with Gasteiger partial charge >= 0.3 is 12.1 Å². The normalized spacial score (nSPS) is 20.8. The average molecular weight is 472 g/mol. The van der Waals surface area contributed by atoms with Gasteiger partial charge in [0.05, 0.1) is 11.6 Å². The summed E-state index contributed by atoms with van der Waals surface area (Å²) in [5.41, 5.74) is 2.77. The molecule has 0 bridgehead atoms. The number of cyclic esters (lactones) is 1. The van der Waals surface area contributed by atoms with Gasteiger partial charge in [0.25, 0.3) is 0 Å². The van der Waals surface area contributed by atoms with Crippen LogP contribution in [0.5, 0.6) is 0 Å². The van der Waals surface area contributed by atoms with E-state index in [1.54, 1.807) is 4.90 Å². The van der Waals surface area contributed by atoms with Crippen LogP contribution in [0.4, 0.5) is 4.79 Å². The average Bonchev–Trinajstić information content (AvgIpc) is 2.92. The van der Waals surface area contributed by atoms with E-state index >= 15 is 0 Å². The molecule has 0 aliphatic carbocycles. The van der Waals surface area contributed by atoms with Crippen LogP contribution in [0.2, 0.25) is 0 Å². The number of carbonyl (C=O) groups is 2. The maximum absolute atomic E-state index is 11.7. The fourth-order valence-corrected chi connectivity index (χ4v) is 4.42. The number of nitrogens with zero attached hydrogens (tertiary/aromatic N) is 2. The first-order chi connectivity index (χ1) is 12.2. The second-order valence-electron chi connectivity index (χ2n) is 8.09. The van der Waals surface area contributed by atoms with Gasteiger partial charge in [-0.25, -0.2) is 9.59 Å². The molecule has 6 nitrogen and oxygen atoms in total. The topological polar surface area (TPSA) is 70.1 Å². The maximum atomic E-state index is 11.7. The van der Waals surface area contributed by atoms with Crippen molar-refractivity contribution in [3.8, 4) is 0 Å². The molecule has 0 radical (unpaired) electrons. The Hall–Kier alpha value is -1.35. The summed E-state index contributed by atoms with van der Waals surface area (Å²) in [4.78, 5) is 27.1. The molecule has 1 saturated heterocycles. The van der Waals surface area contributed by atoms with E-state index in [-0.39, 0.29) is 17.4 Å². The van der Waals surface area contributed by atoms with Crippen LogP contribution in [0.25, 0.3) is 0 Å². The Bertz CT molecular complexity index is 729. The van der Waals surface area contributed by atoms with Crippen LogP contribution >= 0.6 is 22.6 Å². The van der Waals surface area contributed by atoms with Gasteiger partial charge in [0.15, 0.2) is 0 Å². The summed E-state index contributed by atoms with van der Waals surface area (Å²) >= 11 is 2.27. The van der Waals surface area contributed by atoms with Gasteiger partial charge < -0.3 is 14.7 Å². The quantitative estimate of drug-likeness (QED) is 0.541. The zero-order valence-corrected chi connectivity index (χ0v) is 17.6. The summed E-state index contributed by atoms with van der Waals surface area (Å²) in [6, 6.07) is 3.98. The van der Waals surface area contributed by atoms with Gasteiger partial charge in [-0.3, -0.25) is 4.90 Å². The van der Waals surface area contributed by atoms with Crippen molar-refractivity contribution in [3.63, 3.8) is 0 Å². The van der Waals surface area contributed by atoms with Gasteiger partial charge in [0.1, 0.15) is 6.61 Å². The summed E-state index contributed by atoms with van der Waals surface area (Å²) in [7, 11) is 0. The fraction of sp³-hybridized carbons (Fsp3) is 0.579. The monoisotopic (exact) mass is 472 g/mol. The number of esters is 1. The van der Waals surface area contributed by atoms with Crippen LogP contribution in [-0.4, -0.2) is 59.2 Å². The lowest BCUT2D eigenvalue weighted by Gasteiger charge is -2.46. The largest absolute Gasteiger partial charge is 0.465 e. The predicted octanol–water partition coefficient (Wildman–Crippen LogP) is 3.21. The maximum Gasteiger partial charge on any atom is 0.407 e. The molecule has 1 N–H and O–H groups in total. The van der Waals surface area contributed by atoms with E-state index in [1.165, 1.54) is 5.56 Å². The molecule has 0 spiro atoms. The fourth-order valence-electron chi connectivity index (χ4n) is 3.68. The minimum Gasteiger partial charge on any atom is -0.465 e. The van der Waals surface area contributed by atoms with Crippen molar-refractivity contribution in [3.05, 3.63) is 32.4 Å². The van der Waals surface area contributed by atoms with Gasteiger partial charge in [-0.2, -0.15) is 0 Å². The van der Waals surface area contributed by atoms with Gasteiger partial charge in [0.2, 0.25) is 0 Å². The van der Waals surface area contributed by atoms with Gasteiger partial charge in [0, 0.05) is 35.3 Å². The summed E-state index contributed by atoms with van der Waals surface area (Å²) in [6.07, 6.45) is 0.0475. The van der Waals surface area contributed by atoms with Crippen LogP contribution in [0.1, 0.15) is 42.3 Å². The molecular weight excluding hydrogens is 447 g/mol. The van der Waals surface area contributed by atoms with Crippen molar-refractivity contribution in [1.29, 1.82) is 0 Å². The van der Waals surface area contributed by atoms with Crippen molar-refractivity contribution in [2.75, 3.05) is 26.2 Å². The Morgan fingerprint density at radius 3 is 2.73 bits per heavy atom. The highest BCUT2D eigenvalue weighted by molar-refractivity contribution is 14.1. The Balaban J connectivity index is 1.67. The molecule has 2 aliphatic heterocycles. The molecule has 1 unspecified atom stereocenters. The molecule has 26 heavy (non-hydrogen) atoms. The summed E-state index contributed by atoms with van der Waals surface area (Å²) in [6.45, 7) is 9.57. The zero-order chi connectivity index (χ0) is 19.1. The Kier molecular flexibility index (Phi) is 5.48. The van der Waals surface area contributed by atoms with Crippen molar-refractivity contribution in [2.45, 2.75) is 39.8 Å². The first-order valence-electron chi connectivity index (χ1n) is 8.87. The third kappa shape index (κ3) is 3.98. The number of fused-ring (bicyclic) bond motifs is 1. The number of halogens is 1. The van der Waals surface area contributed by atoms with Crippen molar-refractivity contribution < 1.29 is 19.4 Å². The first kappa shape index (κ1) is 19.4. The molecule has 1 amide bonds. The van der Waals surface area contributed by atoms with Crippen LogP contribution in [0.3, 0.4) is 0 Å². The summed E-state index contributed by atoms with van der Waals surface area (Å²) in [5, 5.41) is 9.48. The van der Waals surface area contributed by atoms with Crippen molar-refractivity contribution >= 4 is 34.7 Å². The van der Waals surface area contributed by atoms with E-state index < -0.39 is 6.09 Å². The van der Waals surface area contributed by atoms with E-state index in [2.05, 4.69) is 54.3 Å².